The van der Waals surface area contributed by atoms with Gasteiger partial charge in [0, 0.05) is 0 Å². The summed E-state index contributed by atoms with van der Waals surface area (Å²) in [5, 5.41) is 11.6. The van der Waals surface area contributed by atoms with Gasteiger partial charge in [-0.05, 0) is 36.2 Å². The number of nitrogen functional groups attached to an aromatic ring is 1. The van der Waals surface area contributed by atoms with Crippen molar-refractivity contribution in [1.29, 1.82) is 0 Å². The van der Waals surface area contributed by atoms with Crippen LogP contribution in [0.3, 0.4) is 0 Å². The number of aromatic carboxylic acids is 1. The molecule has 0 unspecified atom stereocenters. The van der Waals surface area contributed by atoms with E-state index in [-0.39, 0.29) is 23.6 Å². The number of rotatable bonds is 4. The Bertz CT molecular complexity index is 696. The maximum absolute atomic E-state index is 12.0. The molecule has 5 heteroatoms. The van der Waals surface area contributed by atoms with Crippen molar-refractivity contribution in [2.45, 2.75) is 13.3 Å². The number of aryl methyl sites for hydroxylation is 1. The van der Waals surface area contributed by atoms with Crippen molar-refractivity contribution in [2.75, 3.05) is 11.1 Å². The number of hydrogen-bond donors (Lipinski definition) is 3. The fraction of sp³-hybridized carbons (Fsp3) is 0.125. The minimum Gasteiger partial charge on any atom is -0.478 e. The molecule has 0 fully saturated rings. The Morgan fingerprint density at radius 2 is 1.90 bits per heavy atom. The lowest BCUT2D eigenvalue weighted by atomic mass is 10.1. The zero-order chi connectivity index (χ0) is 15.4. The summed E-state index contributed by atoms with van der Waals surface area (Å²) in [6, 6.07) is 11.9. The van der Waals surface area contributed by atoms with Crippen molar-refractivity contribution in [3.05, 3.63) is 59.2 Å². The van der Waals surface area contributed by atoms with Crippen molar-refractivity contribution >= 4 is 23.3 Å². The van der Waals surface area contributed by atoms with Crippen molar-refractivity contribution in [3.63, 3.8) is 0 Å². The summed E-state index contributed by atoms with van der Waals surface area (Å²) < 4.78 is 0. The number of hydrogen-bond acceptors (Lipinski definition) is 3. The molecule has 2 rings (SSSR count). The molecule has 2 aromatic rings. The first-order valence-corrected chi connectivity index (χ1v) is 6.44. The SMILES string of the molecule is Cc1ccccc1CC(=O)Nc1ccc(C(=O)O)cc1N. The molecule has 21 heavy (non-hydrogen) atoms. The predicted octanol–water partition coefficient (Wildman–Crippen LogP) is 2.46. The summed E-state index contributed by atoms with van der Waals surface area (Å²) in [5.74, 6) is -1.25. The van der Waals surface area contributed by atoms with Gasteiger partial charge < -0.3 is 16.2 Å². The predicted molar refractivity (Wildman–Crippen MR) is 81.3 cm³/mol. The number of anilines is 2. The molecular formula is C16H16N2O3. The number of carboxylic acid groups (broad SMARTS) is 1. The lowest BCUT2D eigenvalue weighted by Crippen LogP contribution is -2.16. The van der Waals surface area contributed by atoms with Gasteiger partial charge in [0.2, 0.25) is 5.91 Å². The molecule has 0 saturated heterocycles. The highest BCUT2D eigenvalue weighted by Crippen LogP contribution is 2.20. The Labute approximate surface area is 122 Å². The molecule has 5 nitrogen and oxygen atoms in total. The summed E-state index contributed by atoms with van der Waals surface area (Å²) >= 11 is 0. The average Bonchev–Trinajstić information content (AvgIpc) is 2.43. The first-order chi connectivity index (χ1) is 9.97. The summed E-state index contributed by atoms with van der Waals surface area (Å²) in [6.45, 7) is 1.94. The second-order valence-electron chi connectivity index (χ2n) is 4.76. The van der Waals surface area contributed by atoms with E-state index in [2.05, 4.69) is 5.32 Å². The van der Waals surface area contributed by atoms with Gasteiger partial charge in [0.15, 0.2) is 0 Å². The highest BCUT2D eigenvalue weighted by Gasteiger charge is 2.10. The van der Waals surface area contributed by atoms with Gasteiger partial charge >= 0.3 is 5.97 Å². The van der Waals surface area contributed by atoms with Crippen LogP contribution < -0.4 is 11.1 Å². The maximum Gasteiger partial charge on any atom is 0.335 e. The van der Waals surface area contributed by atoms with Crippen LogP contribution in [0.1, 0.15) is 21.5 Å². The Hall–Kier alpha value is -2.82. The van der Waals surface area contributed by atoms with Crippen molar-refractivity contribution in [2.24, 2.45) is 0 Å². The molecule has 0 heterocycles. The summed E-state index contributed by atoms with van der Waals surface area (Å²) in [4.78, 5) is 22.8. The lowest BCUT2D eigenvalue weighted by Gasteiger charge is -2.10. The van der Waals surface area contributed by atoms with E-state index in [1.54, 1.807) is 0 Å². The van der Waals surface area contributed by atoms with E-state index in [1.807, 2.05) is 31.2 Å². The quantitative estimate of drug-likeness (QED) is 0.752. The molecule has 0 radical (unpaired) electrons. The minimum atomic E-state index is -1.06. The molecule has 2 aromatic carbocycles. The van der Waals surface area contributed by atoms with E-state index in [0.29, 0.717) is 5.69 Å². The fourth-order valence-corrected chi connectivity index (χ4v) is 1.99. The number of carbonyl (C=O) groups excluding carboxylic acids is 1. The van der Waals surface area contributed by atoms with Crippen LogP contribution in [-0.4, -0.2) is 17.0 Å². The summed E-state index contributed by atoms with van der Waals surface area (Å²) in [6.07, 6.45) is 0.243. The van der Waals surface area contributed by atoms with E-state index < -0.39 is 5.97 Å². The van der Waals surface area contributed by atoms with Gasteiger partial charge in [0.1, 0.15) is 0 Å². The van der Waals surface area contributed by atoms with Crippen molar-refractivity contribution in [1.82, 2.24) is 0 Å². The molecule has 0 aliphatic rings. The molecule has 108 valence electrons. The third kappa shape index (κ3) is 3.60. The third-order valence-corrected chi connectivity index (χ3v) is 3.18. The van der Waals surface area contributed by atoms with E-state index in [1.165, 1.54) is 18.2 Å². The minimum absolute atomic E-state index is 0.0874. The van der Waals surface area contributed by atoms with E-state index >= 15 is 0 Å². The molecular weight excluding hydrogens is 268 g/mol. The molecule has 1 amide bonds. The number of nitrogens with two attached hydrogens (primary N) is 1. The Morgan fingerprint density at radius 1 is 1.19 bits per heavy atom. The highest BCUT2D eigenvalue weighted by atomic mass is 16.4. The Balaban J connectivity index is 2.10. The molecule has 0 aliphatic carbocycles. The third-order valence-electron chi connectivity index (χ3n) is 3.18. The van der Waals surface area contributed by atoms with Gasteiger partial charge in [-0.1, -0.05) is 24.3 Å². The van der Waals surface area contributed by atoms with Crippen LogP contribution in [0.5, 0.6) is 0 Å². The van der Waals surface area contributed by atoms with E-state index in [4.69, 9.17) is 10.8 Å². The number of benzene rings is 2. The summed E-state index contributed by atoms with van der Waals surface area (Å²) in [5.41, 5.74) is 8.47. The lowest BCUT2D eigenvalue weighted by molar-refractivity contribution is -0.115. The maximum atomic E-state index is 12.0. The molecule has 0 aliphatic heterocycles. The van der Waals surface area contributed by atoms with Crippen LogP contribution in [0.15, 0.2) is 42.5 Å². The van der Waals surface area contributed by atoms with Crippen LogP contribution in [0, 0.1) is 6.92 Å². The topological polar surface area (TPSA) is 92.4 Å². The molecule has 0 bridgehead atoms. The van der Waals surface area contributed by atoms with Gasteiger partial charge in [-0.3, -0.25) is 4.79 Å². The average molecular weight is 284 g/mol. The molecule has 0 spiro atoms. The largest absolute Gasteiger partial charge is 0.478 e. The molecule has 0 saturated carbocycles. The zero-order valence-electron chi connectivity index (χ0n) is 11.6. The first-order valence-electron chi connectivity index (χ1n) is 6.44. The molecule has 0 atom stereocenters. The van der Waals surface area contributed by atoms with Crippen LogP contribution >= 0.6 is 0 Å². The van der Waals surface area contributed by atoms with E-state index in [9.17, 15) is 9.59 Å². The zero-order valence-corrected chi connectivity index (χ0v) is 11.6. The van der Waals surface area contributed by atoms with Gasteiger partial charge in [0.25, 0.3) is 0 Å². The van der Waals surface area contributed by atoms with Crippen LogP contribution in [0.25, 0.3) is 0 Å². The van der Waals surface area contributed by atoms with Crippen LogP contribution in [-0.2, 0) is 11.2 Å². The number of nitrogens with one attached hydrogen (secondary N) is 1. The standard InChI is InChI=1S/C16H16N2O3/c1-10-4-2-3-5-11(10)9-15(19)18-14-7-6-12(16(20)21)8-13(14)17/h2-8H,9,17H2,1H3,(H,18,19)(H,20,21). The molecule has 4 N–H and O–H groups in total. The second kappa shape index (κ2) is 6.09. The van der Waals surface area contributed by atoms with E-state index in [0.717, 1.165) is 11.1 Å². The van der Waals surface area contributed by atoms with Crippen molar-refractivity contribution in [3.8, 4) is 0 Å². The van der Waals surface area contributed by atoms with Gasteiger partial charge in [-0.15, -0.1) is 0 Å². The first kappa shape index (κ1) is 14.6. The fourth-order valence-electron chi connectivity index (χ4n) is 1.99. The number of amides is 1. The second-order valence-corrected chi connectivity index (χ2v) is 4.76. The Kier molecular flexibility index (Phi) is 4.23. The van der Waals surface area contributed by atoms with Crippen LogP contribution in [0.4, 0.5) is 11.4 Å². The number of carbonyl (C=O) groups is 2. The van der Waals surface area contributed by atoms with Gasteiger partial charge in [-0.2, -0.15) is 0 Å². The van der Waals surface area contributed by atoms with Gasteiger partial charge in [-0.25, -0.2) is 4.79 Å². The highest BCUT2D eigenvalue weighted by molar-refractivity contribution is 5.97. The molecule has 0 aromatic heterocycles. The Morgan fingerprint density at radius 3 is 2.52 bits per heavy atom. The summed E-state index contributed by atoms with van der Waals surface area (Å²) in [7, 11) is 0. The van der Waals surface area contributed by atoms with Crippen molar-refractivity contribution < 1.29 is 14.7 Å². The van der Waals surface area contributed by atoms with Gasteiger partial charge in [0.05, 0.1) is 23.4 Å². The smallest absolute Gasteiger partial charge is 0.335 e. The normalized spacial score (nSPS) is 10.1. The van der Waals surface area contributed by atoms with Crippen LogP contribution in [0.2, 0.25) is 0 Å². The monoisotopic (exact) mass is 284 g/mol. The number of carboxylic acids is 1.